The molecular weight excluding hydrogens is 210 g/mol. The lowest BCUT2D eigenvalue weighted by molar-refractivity contribution is -0.142. The Kier molecular flexibility index (Phi) is 4.25. The number of aliphatic hydroxyl groups excluding tert-OH is 1. The Morgan fingerprint density at radius 3 is 2.88 bits per heavy atom. The molecule has 0 aromatic heterocycles. The quantitative estimate of drug-likeness (QED) is 0.531. The summed E-state index contributed by atoms with van der Waals surface area (Å²) in [5.74, 6) is -1.33. The van der Waals surface area contributed by atoms with E-state index in [2.05, 4.69) is 13.2 Å². The fourth-order valence-electron chi connectivity index (χ4n) is 1.58. The van der Waals surface area contributed by atoms with E-state index in [1.165, 1.54) is 11.1 Å². The van der Waals surface area contributed by atoms with Crippen molar-refractivity contribution in [2.24, 2.45) is 5.92 Å². The smallest absolute Gasteiger partial charge is 0.334 e. The Labute approximate surface area is 94.0 Å². The maximum Gasteiger partial charge on any atom is 0.334 e. The number of likely N-dealkylation sites (tertiary alicyclic amines) is 1. The number of rotatable bonds is 5. The molecule has 1 aliphatic rings. The molecule has 1 atom stereocenters. The highest BCUT2D eigenvalue weighted by atomic mass is 16.5. The third-order valence-corrected chi connectivity index (χ3v) is 2.47. The van der Waals surface area contributed by atoms with Crippen LogP contribution in [0.15, 0.2) is 24.9 Å². The minimum Gasteiger partial charge on any atom is -0.460 e. The van der Waals surface area contributed by atoms with E-state index < -0.39 is 11.9 Å². The van der Waals surface area contributed by atoms with Gasteiger partial charge in [0.2, 0.25) is 5.91 Å². The average molecular weight is 225 g/mol. The number of aliphatic hydroxyl groups is 1. The molecular formula is C11H15NO4. The Hall–Kier alpha value is -1.62. The number of carbonyl (C=O) groups is 2. The molecule has 1 aliphatic heterocycles. The Morgan fingerprint density at radius 2 is 2.38 bits per heavy atom. The molecule has 1 saturated heterocycles. The van der Waals surface area contributed by atoms with Crippen LogP contribution >= 0.6 is 0 Å². The molecule has 0 aromatic rings. The summed E-state index contributed by atoms with van der Waals surface area (Å²) in [5, 5.41) is 8.50. The average Bonchev–Trinajstić information content (AvgIpc) is 2.66. The van der Waals surface area contributed by atoms with Gasteiger partial charge in [-0.15, -0.1) is 0 Å². The van der Waals surface area contributed by atoms with Crippen LogP contribution in [0, 0.1) is 5.92 Å². The van der Waals surface area contributed by atoms with E-state index in [-0.39, 0.29) is 24.7 Å². The zero-order valence-corrected chi connectivity index (χ0v) is 9.02. The van der Waals surface area contributed by atoms with E-state index in [9.17, 15) is 9.59 Å². The molecule has 0 aromatic carbocycles. The minimum absolute atomic E-state index is 0.0794. The summed E-state index contributed by atoms with van der Waals surface area (Å²) in [5.41, 5.74) is 0.141. The van der Waals surface area contributed by atoms with Crippen LogP contribution in [0.25, 0.3) is 0 Å². The Morgan fingerprint density at radius 1 is 1.69 bits per heavy atom. The molecule has 1 rings (SSSR count). The molecule has 1 fully saturated rings. The lowest BCUT2D eigenvalue weighted by atomic mass is 9.99. The van der Waals surface area contributed by atoms with Crippen molar-refractivity contribution in [3.05, 3.63) is 24.9 Å². The van der Waals surface area contributed by atoms with Crippen LogP contribution in [0.4, 0.5) is 0 Å². The number of nitrogens with zero attached hydrogens (tertiary/aromatic N) is 1. The zero-order valence-electron chi connectivity index (χ0n) is 9.02. The monoisotopic (exact) mass is 225 g/mol. The van der Waals surface area contributed by atoms with Gasteiger partial charge in [0.1, 0.15) is 6.61 Å². The van der Waals surface area contributed by atoms with Gasteiger partial charge in [-0.05, 0) is 12.6 Å². The number of hydrogen-bond donors (Lipinski definition) is 1. The Balaban J connectivity index is 2.58. The van der Waals surface area contributed by atoms with Crippen molar-refractivity contribution < 1.29 is 19.4 Å². The van der Waals surface area contributed by atoms with Crippen molar-refractivity contribution in [2.75, 3.05) is 19.8 Å². The molecule has 88 valence electrons. The topological polar surface area (TPSA) is 66.8 Å². The second kappa shape index (κ2) is 5.46. The van der Waals surface area contributed by atoms with E-state index in [4.69, 9.17) is 9.84 Å². The standard InChI is InChI=1S/C11H15NO4/c1-3-12-5-4-9(10(12)14)8(2)11(15)16-7-6-13/h3,9,13H,1-2,4-7H2. The molecule has 16 heavy (non-hydrogen) atoms. The summed E-state index contributed by atoms with van der Waals surface area (Å²) >= 11 is 0. The van der Waals surface area contributed by atoms with Gasteiger partial charge in [-0.2, -0.15) is 0 Å². The van der Waals surface area contributed by atoms with Crippen molar-refractivity contribution in [1.29, 1.82) is 0 Å². The van der Waals surface area contributed by atoms with Gasteiger partial charge in [0.05, 0.1) is 12.5 Å². The van der Waals surface area contributed by atoms with Crippen LogP contribution in [-0.2, 0) is 14.3 Å². The predicted molar refractivity (Wildman–Crippen MR) is 57.2 cm³/mol. The lowest BCUT2D eigenvalue weighted by Gasteiger charge is -2.12. The molecule has 0 radical (unpaired) electrons. The van der Waals surface area contributed by atoms with Crippen LogP contribution in [0.2, 0.25) is 0 Å². The fraction of sp³-hybridized carbons (Fsp3) is 0.455. The van der Waals surface area contributed by atoms with Crippen LogP contribution in [0.3, 0.4) is 0 Å². The third kappa shape index (κ3) is 2.49. The summed E-state index contributed by atoms with van der Waals surface area (Å²) in [6.07, 6.45) is 1.98. The maximum atomic E-state index is 11.7. The number of amides is 1. The highest BCUT2D eigenvalue weighted by Gasteiger charge is 2.35. The van der Waals surface area contributed by atoms with Crippen molar-refractivity contribution in [1.82, 2.24) is 4.90 Å². The number of hydrogen-bond acceptors (Lipinski definition) is 4. The van der Waals surface area contributed by atoms with Gasteiger partial charge in [-0.3, -0.25) is 4.79 Å². The van der Waals surface area contributed by atoms with Crippen molar-refractivity contribution in [3.63, 3.8) is 0 Å². The second-order valence-electron chi connectivity index (χ2n) is 3.44. The minimum atomic E-state index is -0.627. The van der Waals surface area contributed by atoms with Gasteiger partial charge in [-0.25, -0.2) is 4.79 Å². The van der Waals surface area contributed by atoms with E-state index >= 15 is 0 Å². The van der Waals surface area contributed by atoms with Crippen LogP contribution in [0.1, 0.15) is 6.42 Å². The maximum absolute atomic E-state index is 11.7. The zero-order chi connectivity index (χ0) is 12.1. The van der Waals surface area contributed by atoms with E-state index in [1.54, 1.807) is 0 Å². The van der Waals surface area contributed by atoms with Crippen LogP contribution in [0.5, 0.6) is 0 Å². The summed E-state index contributed by atoms with van der Waals surface area (Å²) < 4.78 is 4.70. The molecule has 1 N–H and O–H groups in total. The molecule has 0 bridgehead atoms. The summed E-state index contributed by atoms with van der Waals surface area (Å²) in [6, 6.07) is 0. The van der Waals surface area contributed by atoms with Crippen molar-refractivity contribution in [2.45, 2.75) is 6.42 Å². The van der Waals surface area contributed by atoms with Gasteiger partial charge in [-0.1, -0.05) is 13.2 Å². The second-order valence-corrected chi connectivity index (χ2v) is 3.44. The normalized spacial score (nSPS) is 19.7. The van der Waals surface area contributed by atoms with Gasteiger partial charge in [0, 0.05) is 12.1 Å². The first-order chi connectivity index (χ1) is 7.61. The molecule has 5 nitrogen and oxygen atoms in total. The van der Waals surface area contributed by atoms with Crippen molar-refractivity contribution >= 4 is 11.9 Å². The number of carbonyl (C=O) groups excluding carboxylic acids is 2. The molecule has 0 spiro atoms. The van der Waals surface area contributed by atoms with Crippen LogP contribution < -0.4 is 0 Å². The predicted octanol–water partition coefficient (Wildman–Crippen LogP) is 0.0701. The summed E-state index contributed by atoms with van der Waals surface area (Å²) in [6.45, 7) is 7.30. The molecule has 0 aliphatic carbocycles. The molecule has 0 saturated carbocycles. The van der Waals surface area contributed by atoms with Gasteiger partial charge >= 0.3 is 5.97 Å². The summed E-state index contributed by atoms with van der Waals surface area (Å²) in [4.78, 5) is 24.5. The van der Waals surface area contributed by atoms with E-state index in [0.717, 1.165) is 0 Å². The Bertz CT molecular complexity index is 324. The van der Waals surface area contributed by atoms with Gasteiger partial charge in [0.25, 0.3) is 0 Å². The summed E-state index contributed by atoms with van der Waals surface area (Å²) in [7, 11) is 0. The highest BCUT2D eigenvalue weighted by molar-refractivity contribution is 5.97. The van der Waals surface area contributed by atoms with Gasteiger partial charge < -0.3 is 14.7 Å². The number of ether oxygens (including phenoxy) is 1. The van der Waals surface area contributed by atoms with E-state index in [0.29, 0.717) is 13.0 Å². The number of esters is 1. The first-order valence-electron chi connectivity index (χ1n) is 5.01. The molecule has 5 heteroatoms. The first kappa shape index (κ1) is 12.4. The van der Waals surface area contributed by atoms with E-state index in [1.807, 2.05) is 0 Å². The SMILES string of the molecule is C=CN1CCC(C(=C)C(=O)OCCO)C1=O. The van der Waals surface area contributed by atoms with Crippen LogP contribution in [-0.4, -0.2) is 41.6 Å². The van der Waals surface area contributed by atoms with Gasteiger partial charge in [0.15, 0.2) is 0 Å². The molecule has 1 heterocycles. The lowest BCUT2D eigenvalue weighted by Crippen LogP contribution is -2.25. The molecule has 1 unspecified atom stereocenters. The molecule has 1 amide bonds. The first-order valence-corrected chi connectivity index (χ1v) is 5.01. The van der Waals surface area contributed by atoms with Crippen molar-refractivity contribution in [3.8, 4) is 0 Å². The fourth-order valence-corrected chi connectivity index (χ4v) is 1.58. The largest absolute Gasteiger partial charge is 0.460 e. The third-order valence-electron chi connectivity index (χ3n) is 2.47. The highest BCUT2D eigenvalue weighted by Crippen LogP contribution is 2.25.